The fourth-order valence-electron chi connectivity index (χ4n) is 2.73. The zero-order valence-electron chi connectivity index (χ0n) is 13.2. The summed E-state index contributed by atoms with van der Waals surface area (Å²) in [6.45, 7) is 6.71. The number of nitrogens with two attached hydrogens (primary N) is 1. The van der Waals surface area contributed by atoms with Gasteiger partial charge in [-0.2, -0.15) is 0 Å². The molecule has 110 valence electrons. The minimum atomic E-state index is 0.383. The molecule has 0 saturated carbocycles. The Hall–Kier alpha value is -0.0400. The molecule has 2 N–H and O–H groups in total. The van der Waals surface area contributed by atoms with Crippen LogP contribution in [-0.4, -0.2) is 6.04 Å². The smallest absolute Gasteiger partial charge is 0.00386 e. The van der Waals surface area contributed by atoms with E-state index in [-0.39, 0.29) is 0 Å². The van der Waals surface area contributed by atoms with E-state index in [0.29, 0.717) is 6.04 Å². The van der Waals surface area contributed by atoms with Crippen molar-refractivity contribution in [1.82, 2.24) is 0 Å². The number of unbranched alkanes of at least 4 members (excludes halogenated alkanes) is 9. The van der Waals surface area contributed by atoms with Crippen molar-refractivity contribution < 1.29 is 0 Å². The van der Waals surface area contributed by atoms with Gasteiger partial charge in [-0.25, -0.2) is 0 Å². The van der Waals surface area contributed by atoms with Gasteiger partial charge in [0, 0.05) is 6.04 Å². The lowest BCUT2D eigenvalue weighted by Gasteiger charge is -2.18. The number of hydrogen-bond acceptors (Lipinski definition) is 1. The van der Waals surface area contributed by atoms with E-state index in [4.69, 9.17) is 5.73 Å². The van der Waals surface area contributed by atoms with Crippen molar-refractivity contribution in [1.29, 1.82) is 0 Å². The van der Waals surface area contributed by atoms with Gasteiger partial charge in [-0.3, -0.25) is 0 Å². The zero-order chi connectivity index (χ0) is 13.6. The van der Waals surface area contributed by atoms with E-state index < -0.39 is 0 Å². The van der Waals surface area contributed by atoms with Crippen LogP contribution in [-0.2, 0) is 0 Å². The van der Waals surface area contributed by atoms with Gasteiger partial charge in [0.1, 0.15) is 0 Å². The molecule has 0 aliphatic heterocycles. The minimum Gasteiger partial charge on any atom is -0.328 e. The van der Waals surface area contributed by atoms with Gasteiger partial charge < -0.3 is 5.73 Å². The molecule has 1 heteroatoms. The predicted octanol–water partition coefficient (Wildman–Crippen LogP) is 5.67. The van der Waals surface area contributed by atoms with Gasteiger partial charge in [0.05, 0.1) is 0 Å². The lowest BCUT2D eigenvalue weighted by atomic mass is 9.92. The normalized spacial score (nSPS) is 14.7. The number of hydrogen-bond donors (Lipinski definition) is 1. The molecule has 18 heavy (non-hydrogen) atoms. The molecule has 0 radical (unpaired) electrons. The number of rotatable bonds is 13. The lowest BCUT2D eigenvalue weighted by Crippen LogP contribution is -2.25. The van der Waals surface area contributed by atoms with E-state index in [2.05, 4.69) is 20.8 Å². The topological polar surface area (TPSA) is 26.0 Å². The van der Waals surface area contributed by atoms with Crippen LogP contribution in [0.25, 0.3) is 0 Å². The molecule has 0 fully saturated rings. The molecule has 0 aromatic heterocycles. The predicted molar refractivity (Wildman–Crippen MR) is 83.9 cm³/mol. The van der Waals surface area contributed by atoms with E-state index in [1.807, 2.05) is 0 Å². The minimum absolute atomic E-state index is 0.383. The van der Waals surface area contributed by atoms with E-state index >= 15 is 0 Å². The highest BCUT2D eigenvalue weighted by atomic mass is 14.6. The SMILES string of the molecule is CCCCCCCCCCCCC(CC)C(C)N. The van der Waals surface area contributed by atoms with E-state index in [0.717, 1.165) is 5.92 Å². The van der Waals surface area contributed by atoms with Gasteiger partial charge in [-0.05, 0) is 19.3 Å². The Morgan fingerprint density at radius 1 is 0.722 bits per heavy atom. The molecule has 1 nitrogen and oxygen atoms in total. The van der Waals surface area contributed by atoms with Gasteiger partial charge >= 0.3 is 0 Å². The van der Waals surface area contributed by atoms with Crippen molar-refractivity contribution in [2.75, 3.05) is 0 Å². The second kappa shape index (κ2) is 13.4. The maximum absolute atomic E-state index is 5.97. The largest absolute Gasteiger partial charge is 0.328 e. The Bertz CT molecular complexity index is 154. The van der Waals surface area contributed by atoms with Crippen LogP contribution >= 0.6 is 0 Å². The van der Waals surface area contributed by atoms with Crippen LogP contribution in [0.3, 0.4) is 0 Å². The van der Waals surface area contributed by atoms with Gasteiger partial charge in [-0.1, -0.05) is 84.5 Å². The van der Waals surface area contributed by atoms with Crippen molar-refractivity contribution in [2.45, 2.75) is 104 Å². The molecule has 0 aliphatic rings. The first kappa shape index (κ1) is 18.0. The molecule has 0 aliphatic carbocycles. The van der Waals surface area contributed by atoms with Gasteiger partial charge in [0.15, 0.2) is 0 Å². The second-order valence-corrected chi connectivity index (χ2v) is 6.00. The first-order valence-corrected chi connectivity index (χ1v) is 8.47. The summed E-state index contributed by atoms with van der Waals surface area (Å²) in [6.07, 6.45) is 16.9. The molecule has 0 rings (SSSR count). The molecule has 0 saturated heterocycles. The summed E-state index contributed by atoms with van der Waals surface area (Å²) in [4.78, 5) is 0. The third-order valence-corrected chi connectivity index (χ3v) is 4.20. The van der Waals surface area contributed by atoms with E-state index in [1.54, 1.807) is 0 Å². The Balaban J connectivity index is 3.15. The summed E-state index contributed by atoms with van der Waals surface area (Å²) < 4.78 is 0. The molecule has 0 amide bonds. The van der Waals surface area contributed by atoms with Crippen LogP contribution in [0, 0.1) is 5.92 Å². The van der Waals surface area contributed by atoms with Crippen LogP contribution < -0.4 is 5.73 Å². The van der Waals surface area contributed by atoms with E-state index in [9.17, 15) is 0 Å². The fourth-order valence-corrected chi connectivity index (χ4v) is 2.73. The van der Waals surface area contributed by atoms with Crippen molar-refractivity contribution in [3.63, 3.8) is 0 Å². The lowest BCUT2D eigenvalue weighted by molar-refractivity contribution is 0.381. The third-order valence-electron chi connectivity index (χ3n) is 4.20. The van der Waals surface area contributed by atoms with Crippen LogP contribution in [0.1, 0.15) is 97.8 Å². The van der Waals surface area contributed by atoms with Crippen LogP contribution in [0.15, 0.2) is 0 Å². The highest BCUT2D eigenvalue weighted by Crippen LogP contribution is 2.17. The molecular weight excluding hydrogens is 218 g/mol. The molecule has 0 heterocycles. The Labute approximate surface area is 116 Å². The maximum atomic E-state index is 5.97. The zero-order valence-corrected chi connectivity index (χ0v) is 13.2. The molecule has 2 atom stereocenters. The molecular formula is C17H37N. The van der Waals surface area contributed by atoms with Crippen LogP contribution in [0.2, 0.25) is 0 Å². The summed E-state index contributed by atoms with van der Waals surface area (Å²) in [7, 11) is 0. The summed E-state index contributed by atoms with van der Waals surface area (Å²) in [5, 5.41) is 0. The molecule has 0 aromatic rings. The Morgan fingerprint density at radius 2 is 1.17 bits per heavy atom. The van der Waals surface area contributed by atoms with Gasteiger partial charge in [-0.15, -0.1) is 0 Å². The van der Waals surface area contributed by atoms with Gasteiger partial charge in [0.2, 0.25) is 0 Å². The third kappa shape index (κ3) is 11.1. The maximum Gasteiger partial charge on any atom is 0.00386 e. The molecule has 0 aromatic carbocycles. The molecule has 0 bridgehead atoms. The quantitative estimate of drug-likeness (QED) is 0.421. The average molecular weight is 255 g/mol. The first-order valence-electron chi connectivity index (χ1n) is 8.47. The monoisotopic (exact) mass is 255 g/mol. The van der Waals surface area contributed by atoms with Crippen molar-refractivity contribution in [2.24, 2.45) is 11.7 Å². The standard InChI is InChI=1S/C17H37N/c1-4-6-7-8-9-10-11-12-13-14-15-17(5-2)16(3)18/h16-17H,4-15,18H2,1-3H3. The van der Waals surface area contributed by atoms with E-state index in [1.165, 1.54) is 77.0 Å². The van der Waals surface area contributed by atoms with Crippen LogP contribution in [0.5, 0.6) is 0 Å². The summed E-state index contributed by atoms with van der Waals surface area (Å²) in [6, 6.07) is 0.383. The second-order valence-electron chi connectivity index (χ2n) is 6.00. The van der Waals surface area contributed by atoms with Crippen molar-refractivity contribution in [3.8, 4) is 0 Å². The Kier molecular flexibility index (Phi) is 13.4. The van der Waals surface area contributed by atoms with Crippen LogP contribution in [0.4, 0.5) is 0 Å². The van der Waals surface area contributed by atoms with Gasteiger partial charge in [0.25, 0.3) is 0 Å². The molecule has 0 spiro atoms. The highest BCUT2D eigenvalue weighted by molar-refractivity contribution is 4.66. The fraction of sp³-hybridized carbons (Fsp3) is 1.00. The first-order chi connectivity index (χ1) is 8.72. The average Bonchev–Trinajstić information content (AvgIpc) is 2.35. The summed E-state index contributed by atoms with van der Waals surface area (Å²) in [5.74, 6) is 0.749. The van der Waals surface area contributed by atoms with Crippen molar-refractivity contribution in [3.05, 3.63) is 0 Å². The highest BCUT2D eigenvalue weighted by Gasteiger charge is 2.10. The molecule has 2 unspecified atom stereocenters. The summed E-state index contributed by atoms with van der Waals surface area (Å²) in [5.41, 5.74) is 5.97. The summed E-state index contributed by atoms with van der Waals surface area (Å²) >= 11 is 0. The van der Waals surface area contributed by atoms with Crippen molar-refractivity contribution >= 4 is 0 Å². The Morgan fingerprint density at radius 3 is 1.56 bits per heavy atom.